The largest absolute Gasteiger partial charge is 0.393 e. The Morgan fingerprint density at radius 1 is 1.64 bits per heavy atom. The number of anilines is 1. The number of aromatic nitrogens is 1. The Morgan fingerprint density at radius 2 is 2.36 bits per heavy atom. The van der Waals surface area contributed by atoms with E-state index in [9.17, 15) is 0 Å². The van der Waals surface area contributed by atoms with E-state index in [1.54, 1.807) is 13.1 Å². The highest BCUT2D eigenvalue weighted by atomic mass is 79.9. The van der Waals surface area contributed by atoms with Crippen molar-refractivity contribution in [2.24, 2.45) is 0 Å². The number of aliphatic hydroxyl groups excluding tert-OH is 1. The molecule has 0 saturated heterocycles. The van der Waals surface area contributed by atoms with Crippen LogP contribution in [0.5, 0.6) is 0 Å². The van der Waals surface area contributed by atoms with Crippen molar-refractivity contribution >= 4 is 21.7 Å². The molecule has 1 rings (SSSR count). The van der Waals surface area contributed by atoms with Gasteiger partial charge in [-0.1, -0.05) is 0 Å². The van der Waals surface area contributed by atoms with Crippen LogP contribution in [0.4, 0.5) is 5.82 Å². The van der Waals surface area contributed by atoms with Gasteiger partial charge in [-0.3, -0.25) is 0 Å². The first kappa shape index (κ1) is 11.5. The molecule has 0 spiro atoms. The molecule has 0 saturated carbocycles. The molecule has 0 amide bonds. The molecule has 1 unspecified atom stereocenters. The maximum Gasteiger partial charge on any atom is 0.126 e. The third kappa shape index (κ3) is 3.64. The zero-order chi connectivity index (χ0) is 10.6. The number of aliphatic hydroxyl groups is 1. The van der Waals surface area contributed by atoms with E-state index in [4.69, 9.17) is 5.11 Å². The lowest BCUT2D eigenvalue weighted by atomic mass is 10.2. The minimum absolute atomic E-state index is 0.265. The third-order valence-electron chi connectivity index (χ3n) is 1.92. The summed E-state index contributed by atoms with van der Waals surface area (Å²) in [6.45, 7) is 4.54. The van der Waals surface area contributed by atoms with Crippen molar-refractivity contribution in [3.8, 4) is 0 Å². The lowest BCUT2D eigenvalue weighted by Gasteiger charge is -2.08. The van der Waals surface area contributed by atoms with Crippen LogP contribution in [0.15, 0.2) is 16.7 Å². The van der Waals surface area contributed by atoms with Gasteiger partial charge in [-0.2, -0.15) is 0 Å². The number of hydrogen-bond donors (Lipinski definition) is 2. The molecule has 0 aliphatic carbocycles. The van der Waals surface area contributed by atoms with E-state index in [0.29, 0.717) is 0 Å². The summed E-state index contributed by atoms with van der Waals surface area (Å²) in [5.41, 5.74) is 1.15. The molecule has 2 N–H and O–H groups in total. The van der Waals surface area contributed by atoms with E-state index in [2.05, 4.69) is 26.2 Å². The first-order valence-electron chi connectivity index (χ1n) is 4.63. The summed E-state index contributed by atoms with van der Waals surface area (Å²) in [6.07, 6.45) is 2.25. The molecule has 0 radical (unpaired) electrons. The second-order valence-corrected chi connectivity index (χ2v) is 4.24. The summed E-state index contributed by atoms with van der Waals surface area (Å²) in [6, 6.07) is 1.98. The zero-order valence-electron chi connectivity index (χ0n) is 8.42. The van der Waals surface area contributed by atoms with Crippen molar-refractivity contribution < 1.29 is 5.11 Å². The summed E-state index contributed by atoms with van der Waals surface area (Å²) in [4.78, 5) is 4.20. The molecule has 3 nitrogen and oxygen atoms in total. The Hall–Kier alpha value is -0.610. The average molecular weight is 259 g/mol. The van der Waals surface area contributed by atoms with Gasteiger partial charge in [-0.15, -0.1) is 0 Å². The number of hydrogen-bond acceptors (Lipinski definition) is 3. The standard InChI is InChI=1S/C10H15BrN2O/c1-7-5-10(13-6-9(7)11)12-4-3-8(2)14/h5-6,8,14H,3-4H2,1-2H3,(H,12,13). The second kappa shape index (κ2) is 5.32. The molecule has 1 heterocycles. The molecular formula is C10H15BrN2O. The molecule has 1 aromatic heterocycles. The fraction of sp³-hybridized carbons (Fsp3) is 0.500. The minimum Gasteiger partial charge on any atom is -0.393 e. The fourth-order valence-electron chi connectivity index (χ4n) is 1.05. The monoisotopic (exact) mass is 258 g/mol. The Labute approximate surface area is 92.7 Å². The van der Waals surface area contributed by atoms with Crippen LogP contribution >= 0.6 is 15.9 Å². The topological polar surface area (TPSA) is 45.1 Å². The van der Waals surface area contributed by atoms with Crippen molar-refractivity contribution in [2.75, 3.05) is 11.9 Å². The lowest BCUT2D eigenvalue weighted by Crippen LogP contribution is -2.10. The third-order valence-corrected chi connectivity index (χ3v) is 2.75. The van der Waals surface area contributed by atoms with Crippen LogP contribution < -0.4 is 5.32 Å². The number of rotatable bonds is 4. The number of nitrogens with zero attached hydrogens (tertiary/aromatic N) is 1. The van der Waals surface area contributed by atoms with E-state index in [0.717, 1.165) is 28.8 Å². The van der Waals surface area contributed by atoms with Gasteiger partial charge in [0.05, 0.1) is 6.10 Å². The predicted octanol–water partition coefficient (Wildman–Crippen LogP) is 2.34. The molecule has 0 bridgehead atoms. The molecule has 1 aromatic rings. The molecule has 78 valence electrons. The summed E-state index contributed by atoms with van der Waals surface area (Å²) >= 11 is 3.39. The van der Waals surface area contributed by atoms with E-state index >= 15 is 0 Å². The Morgan fingerprint density at radius 3 is 2.93 bits per heavy atom. The molecule has 0 fully saturated rings. The molecule has 0 aliphatic heterocycles. The van der Waals surface area contributed by atoms with Crippen LogP contribution in [0.3, 0.4) is 0 Å². The van der Waals surface area contributed by atoms with Crippen LogP contribution in [-0.4, -0.2) is 22.7 Å². The summed E-state index contributed by atoms with van der Waals surface area (Å²) < 4.78 is 1.01. The Bertz CT molecular complexity index is 302. The van der Waals surface area contributed by atoms with Gasteiger partial charge in [0, 0.05) is 17.2 Å². The maximum atomic E-state index is 9.06. The van der Waals surface area contributed by atoms with Gasteiger partial charge in [0.15, 0.2) is 0 Å². The zero-order valence-corrected chi connectivity index (χ0v) is 10.0. The van der Waals surface area contributed by atoms with Gasteiger partial charge in [0.2, 0.25) is 0 Å². The Kier molecular flexibility index (Phi) is 4.35. The van der Waals surface area contributed by atoms with Gasteiger partial charge in [-0.05, 0) is 47.8 Å². The Balaban J connectivity index is 2.47. The van der Waals surface area contributed by atoms with Crippen molar-refractivity contribution in [3.63, 3.8) is 0 Å². The number of nitrogens with one attached hydrogen (secondary N) is 1. The first-order chi connectivity index (χ1) is 6.59. The molecule has 0 aromatic carbocycles. The van der Waals surface area contributed by atoms with E-state index in [1.165, 1.54) is 0 Å². The summed E-state index contributed by atoms with van der Waals surface area (Å²) in [5.74, 6) is 0.853. The van der Waals surface area contributed by atoms with Crippen molar-refractivity contribution in [1.82, 2.24) is 4.98 Å². The number of pyridine rings is 1. The maximum absolute atomic E-state index is 9.06. The van der Waals surface area contributed by atoms with E-state index in [1.807, 2.05) is 13.0 Å². The average Bonchev–Trinajstić information content (AvgIpc) is 2.10. The molecule has 4 heteroatoms. The molecule has 1 atom stereocenters. The second-order valence-electron chi connectivity index (χ2n) is 3.38. The van der Waals surface area contributed by atoms with Gasteiger partial charge >= 0.3 is 0 Å². The van der Waals surface area contributed by atoms with Crippen LogP contribution in [0.2, 0.25) is 0 Å². The fourth-order valence-corrected chi connectivity index (χ4v) is 1.26. The lowest BCUT2D eigenvalue weighted by molar-refractivity contribution is 0.188. The smallest absolute Gasteiger partial charge is 0.126 e. The van der Waals surface area contributed by atoms with Gasteiger partial charge in [0.25, 0.3) is 0 Å². The van der Waals surface area contributed by atoms with Crippen LogP contribution in [0.25, 0.3) is 0 Å². The molecular weight excluding hydrogens is 244 g/mol. The van der Waals surface area contributed by atoms with Gasteiger partial charge in [0.1, 0.15) is 5.82 Å². The van der Waals surface area contributed by atoms with Crippen molar-refractivity contribution in [2.45, 2.75) is 26.4 Å². The van der Waals surface area contributed by atoms with E-state index in [-0.39, 0.29) is 6.10 Å². The van der Waals surface area contributed by atoms with Crippen molar-refractivity contribution in [1.29, 1.82) is 0 Å². The number of halogens is 1. The first-order valence-corrected chi connectivity index (χ1v) is 5.43. The number of aryl methyl sites for hydroxylation is 1. The summed E-state index contributed by atoms with van der Waals surface area (Å²) in [5, 5.41) is 12.2. The summed E-state index contributed by atoms with van der Waals surface area (Å²) in [7, 11) is 0. The highest BCUT2D eigenvalue weighted by molar-refractivity contribution is 9.10. The van der Waals surface area contributed by atoms with E-state index < -0.39 is 0 Å². The van der Waals surface area contributed by atoms with Crippen LogP contribution in [-0.2, 0) is 0 Å². The molecule has 0 aliphatic rings. The SMILES string of the molecule is Cc1cc(NCCC(C)O)ncc1Br. The minimum atomic E-state index is -0.265. The highest BCUT2D eigenvalue weighted by Gasteiger charge is 1.99. The molecule has 14 heavy (non-hydrogen) atoms. The van der Waals surface area contributed by atoms with Crippen LogP contribution in [0.1, 0.15) is 18.9 Å². The van der Waals surface area contributed by atoms with Gasteiger partial charge in [-0.25, -0.2) is 4.98 Å². The quantitative estimate of drug-likeness (QED) is 0.872. The normalized spacial score (nSPS) is 12.6. The van der Waals surface area contributed by atoms with Crippen LogP contribution in [0, 0.1) is 6.92 Å². The highest BCUT2D eigenvalue weighted by Crippen LogP contribution is 2.17. The van der Waals surface area contributed by atoms with Crippen molar-refractivity contribution in [3.05, 3.63) is 22.3 Å². The van der Waals surface area contributed by atoms with Gasteiger partial charge < -0.3 is 10.4 Å². The predicted molar refractivity (Wildman–Crippen MR) is 61.5 cm³/mol.